The van der Waals surface area contributed by atoms with Crippen LogP contribution in [0, 0.1) is 15.9 Å². The number of methoxy groups -OCH3 is 1. The molecule has 13 heteroatoms. The van der Waals surface area contributed by atoms with Crippen LogP contribution < -0.4 is 19.6 Å². The number of nitro benzene ring substituents is 1. The lowest BCUT2D eigenvalue weighted by Crippen LogP contribution is -2.40. The molecule has 0 radical (unpaired) electrons. The van der Waals surface area contributed by atoms with E-state index < -0.39 is 34.0 Å². The van der Waals surface area contributed by atoms with E-state index in [-0.39, 0.29) is 28.2 Å². The number of rotatable bonds is 9. The summed E-state index contributed by atoms with van der Waals surface area (Å²) >= 11 is 7.49. The predicted octanol–water partition coefficient (Wildman–Crippen LogP) is 5.55. The van der Waals surface area contributed by atoms with Gasteiger partial charge in [0.05, 0.1) is 34.4 Å². The van der Waals surface area contributed by atoms with Gasteiger partial charge in [-0.15, -0.1) is 0 Å². The average molecular weight is 626 g/mol. The van der Waals surface area contributed by atoms with Crippen LogP contribution in [0.15, 0.2) is 74.0 Å². The van der Waals surface area contributed by atoms with E-state index in [4.69, 9.17) is 30.5 Å². The molecule has 0 spiro atoms. The molecule has 0 aliphatic carbocycles. The van der Waals surface area contributed by atoms with Gasteiger partial charge in [-0.3, -0.25) is 19.5 Å². The Labute approximate surface area is 253 Å². The van der Waals surface area contributed by atoms with Crippen LogP contribution >= 0.6 is 22.9 Å². The lowest BCUT2D eigenvalue weighted by atomic mass is 9.93. The molecule has 43 heavy (non-hydrogen) atoms. The number of thiazole rings is 1. The summed E-state index contributed by atoms with van der Waals surface area (Å²) in [6.07, 6.45) is 2.67. The molecule has 4 aromatic rings. The van der Waals surface area contributed by atoms with Crippen molar-refractivity contribution in [2.75, 3.05) is 13.7 Å². The van der Waals surface area contributed by atoms with Crippen LogP contribution in [0.2, 0.25) is 5.02 Å². The van der Waals surface area contributed by atoms with Crippen LogP contribution in [0.1, 0.15) is 44.1 Å². The van der Waals surface area contributed by atoms with Gasteiger partial charge in [0.1, 0.15) is 23.3 Å². The highest BCUT2D eigenvalue weighted by molar-refractivity contribution is 7.07. The number of benzene rings is 2. The van der Waals surface area contributed by atoms with E-state index in [2.05, 4.69) is 0 Å². The van der Waals surface area contributed by atoms with Crippen molar-refractivity contribution in [1.82, 2.24) is 4.57 Å². The molecule has 2 aromatic carbocycles. The first-order valence-corrected chi connectivity index (χ1v) is 14.5. The Bertz CT molecular complexity index is 1960. The summed E-state index contributed by atoms with van der Waals surface area (Å²) in [5.74, 6) is -0.606. The number of aromatic nitrogens is 1. The van der Waals surface area contributed by atoms with Crippen molar-refractivity contribution in [2.24, 2.45) is 4.99 Å². The van der Waals surface area contributed by atoms with Gasteiger partial charge in [-0.1, -0.05) is 36.3 Å². The van der Waals surface area contributed by atoms with Gasteiger partial charge in [0.25, 0.3) is 5.56 Å². The molecule has 0 amide bonds. The van der Waals surface area contributed by atoms with Gasteiger partial charge in [0, 0.05) is 28.3 Å². The zero-order valence-electron chi connectivity index (χ0n) is 23.3. The Hall–Kier alpha value is -4.55. The minimum absolute atomic E-state index is 0.129. The number of carbonyl (C=O) groups is 1. The molecule has 222 valence electrons. The highest BCUT2D eigenvalue weighted by atomic mass is 35.5. The van der Waals surface area contributed by atoms with Crippen LogP contribution in [0.4, 0.5) is 10.1 Å². The second-order valence-electron chi connectivity index (χ2n) is 9.43. The number of nitrogens with zero attached hydrogens (tertiary/aromatic N) is 3. The zero-order valence-corrected chi connectivity index (χ0v) is 24.8. The molecular formula is C30H25ClFN3O7S. The predicted molar refractivity (Wildman–Crippen MR) is 158 cm³/mol. The van der Waals surface area contributed by atoms with Crippen molar-refractivity contribution < 1.29 is 28.0 Å². The summed E-state index contributed by atoms with van der Waals surface area (Å²) in [7, 11) is 1.49. The molecule has 0 saturated heterocycles. The lowest BCUT2D eigenvalue weighted by molar-refractivity contribution is -0.387. The summed E-state index contributed by atoms with van der Waals surface area (Å²) in [6.45, 7) is 3.79. The minimum Gasteiger partial charge on any atom is -0.496 e. The first-order chi connectivity index (χ1) is 20.7. The normalized spacial score (nSPS) is 14.8. The molecule has 2 aromatic heterocycles. The van der Waals surface area contributed by atoms with E-state index in [0.717, 1.165) is 23.5 Å². The monoisotopic (exact) mass is 625 g/mol. The fraction of sp³-hybridized carbons (Fsp3) is 0.233. The first kappa shape index (κ1) is 29.9. The van der Waals surface area contributed by atoms with Crippen molar-refractivity contribution in [1.29, 1.82) is 0 Å². The fourth-order valence-corrected chi connectivity index (χ4v) is 6.04. The molecular weight excluding hydrogens is 601 g/mol. The number of halogens is 2. The van der Waals surface area contributed by atoms with Crippen LogP contribution in [-0.2, 0) is 9.53 Å². The molecule has 0 N–H and O–H groups in total. The number of furan rings is 1. The van der Waals surface area contributed by atoms with E-state index in [9.17, 15) is 24.1 Å². The number of ether oxygens (including phenoxy) is 2. The van der Waals surface area contributed by atoms with Gasteiger partial charge in [-0.25, -0.2) is 9.79 Å². The number of esters is 1. The summed E-state index contributed by atoms with van der Waals surface area (Å²) < 4.78 is 32.4. The second kappa shape index (κ2) is 12.4. The molecule has 0 unspecified atom stereocenters. The molecule has 10 nitrogen and oxygen atoms in total. The van der Waals surface area contributed by atoms with Crippen LogP contribution in [0.25, 0.3) is 17.4 Å². The number of carbonyl (C=O) groups excluding carboxylic acids is 1. The quantitative estimate of drug-likeness (QED) is 0.136. The van der Waals surface area contributed by atoms with E-state index in [1.165, 1.54) is 23.8 Å². The first-order valence-electron chi connectivity index (χ1n) is 13.3. The lowest BCUT2D eigenvalue weighted by Gasteiger charge is -2.27. The van der Waals surface area contributed by atoms with Gasteiger partial charge in [-0.2, -0.15) is 4.39 Å². The zero-order chi connectivity index (χ0) is 30.8. The van der Waals surface area contributed by atoms with Crippen LogP contribution in [0.5, 0.6) is 5.75 Å². The summed E-state index contributed by atoms with van der Waals surface area (Å²) in [5.41, 5.74) is 0.391. The Kier molecular flexibility index (Phi) is 8.60. The van der Waals surface area contributed by atoms with Crippen molar-refractivity contribution >= 4 is 40.7 Å². The number of fused-ring (bicyclic) bond motifs is 1. The molecule has 3 heterocycles. The van der Waals surface area contributed by atoms with Crippen molar-refractivity contribution in [3.05, 3.63) is 112 Å². The topological polar surface area (TPSA) is 126 Å². The molecule has 1 atom stereocenters. The number of nitro groups is 1. The van der Waals surface area contributed by atoms with Crippen molar-refractivity contribution in [2.45, 2.75) is 32.7 Å². The van der Waals surface area contributed by atoms with E-state index in [0.29, 0.717) is 45.2 Å². The fourth-order valence-electron chi connectivity index (χ4n) is 4.85. The Morgan fingerprint density at radius 1 is 1.23 bits per heavy atom. The molecule has 1 aliphatic rings. The van der Waals surface area contributed by atoms with E-state index in [1.54, 1.807) is 37.3 Å². The standard InChI is InChI=1S/C30H25ClFN3O7S/c1-4-6-21-26(29(37)41-5-2)27(19-14-17(31)8-11-24(19)40-3)34-28(36)25(43-30(34)33-21)15-18-9-12-23(42-18)16-7-10-20(32)22(13-16)35(38)39/h7-15,27H,4-6H2,1-3H3/b25-15+/t27-/m1/s1. The third-order valence-corrected chi connectivity index (χ3v) is 7.92. The maximum Gasteiger partial charge on any atom is 0.338 e. The van der Waals surface area contributed by atoms with Crippen LogP contribution in [0.3, 0.4) is 0 Å². The Morgan fingerprint density at radius 3 is 2.72 bits per heavy atom. The van der Waals surface area contributed by atoms with Gasteiger partial charge >= 0.3 is 11.7 Å². The third-order valence-electron chi connectivity index (χ3n) is 6.71. The number of hydrogen-bond acceptors (Lipinski definition) is 9. The Morgan fingerprint density at radius 2 is 2.02 bits per heavy atom. The maximum absolute atomic E-state index is 14.0. The van der Waals surface area contributed by atoms with Crippen molar-refractivity contribution in [3.63, 3.8) is 0 Å². The molecule has 0 fully saturated rings. The van der Waals surface area contributed by atoms with Gasteiger partial charge in [0.15, 0.2) is 4.80 Å². The summed E-state index contributed by atoms with van der Waals surface area (Å²) in [5, 5.41) is 11.6. The third kappa shape index (κ3) is 5.75. The summed E-state index contributed by atoms with van der Waals surface area (Å²) in [6, 6.07) is 10.6. The number of hydrogen-bond donors (Lipinski definition) is 0. The van der Waals surface area contributed by atoms with Gasteiger partial charge < -0.3 is 13.9 Å². The molecule has 0 saturated carbocycles. The summed E-state index contributed by atoms with van der Waals surface area (Å²) in [4.78, 5) is 42.8. The molecule has 5 rings (SSSR count). The Balaban J connectivity index is 1.69. The minimum atomic E-state index is -0.961. The highest BCUT2D eigenvalue weighted by Crippen LogP contribution is 2.38. The second-order valence-corrected chi connectivity index (χ2v) is 10.9. The maximum atomic E-state index is 14.0. The largest absolute Gasteiger partial charge is 0.496 e. The molecule has 1 aliphatic heterocycles. The SMILES string of the molecule is CCCC1=C(C(=O)OCC)[C@@H](c2cc(Cl)ccc2OC)n2c(s/c(=C/c3ccc(-c4ccc(F)c([N+](=O)[O-])c4)o3)c2=O)=N1. The highest BCUT2D eigenvalue weighted by Gasteiger charge is 2.36. The van der Waals surface area contributed by atoms with Gasteiger partial charge in [0.2, 0.25) is 5.82 Å². The smallest absolute Gasteiger partial charge is 0.338 e. The van der Waals surface area contributed by atoms with Crippen LogP contribution in [-0.4, -0.2) is 29.2 Å². The van der Waals surface area contributed by atoms with E-state index >= 15 is 0 Å². The van der Waals surface area contributed by atoms with Gasteiger partial charge in [-0.05, 0) is 55.8 Å². The van der Waals surface area contributed by atoms with Crippen molar-refractivity contribution in [3.8, 4) is 17.1 Å². The molecule has 0 bridgehead atoms. The number of allylic oxidation sites excluding steroid dienone is 1. The van der Waals surface area contributed by atoms with E-state index in [1.807, 2.05) is 6.92 Å². The average Bonchev–Trinajstić information content (AvgIpc) is 3.57.